The molecule has 1 aromatic carbocycles. The van der Waals surface area contributed by atoms with Gasteiger partial charge >= 0.3 is 5.97 Å². The Hall–Kier alpha value is -2.52. The molecule has 0 radical (unpaired) electrons. The third-order valence-corrected chi connectivity index (χ3v) is 3.59. The van der Waals surface area contributed by atoms with Gasteiger partial charge in [-0.25, -0.2) is 4.79 Å². The van der Waals surface area contributed by atoms with Crippen molar-refractivity contribution in [3.63, 3.8) is 0 Å². The van der Waals surface area contributed by atoms with Gasteiger partial charge < -0.3 is 19.3 Å². The average Bonchev–Trinajstić information content (AvgIpc) is 2.66. The van der Waals surface area contributed by atoms with Gasteiger partial charge in [-0.3, -0.25) is 0 Å². The number of rotatable bonds is 13. The van der Waals surface area contributed by atoms with Crippen LogP contribution in [0.4, 0.5) is 0 Å². The first-order chi connectivity index (χ1) is 12.7. The van der Waals surface area contributed by atoms with Crippen molar-refractivity contribution in [2.75, 3.05) is 26.9 Å². The van der Waals surface area contributed by atoms with Crippen molar-refractivity contribution in [1.82, 2.24) is 0 Å². The lowest BCUT2D eigenvalue weighted by Gasteiger charge is -2.11. The molecule has 0 saturated carbocycles. The predicted molar refractivity (Wildman–Crippen MR) is 98.9 cm³/mol. The fourth-order valence-corrected chi connectivity index (χ4v) is 2.19. The van der Waals surface area contributed by atoms with E-state index in [0.717, 1.165) is 31.2 Å². The van der Waals surface area contributed by atoms with Crippen LogP contribution in [0.2, 0.25) is 0 Å². The van der Waals surface area contributed by atoms with Gasteiger partial charge in [0.05, 0.1) is 26.4 Å². The number of carbonyl (C=O) groups excluding carboxylic acids is 1. The second-order valence-electron chi connectivity index (χ2n) is 5.66. The zero-order valence-corrected chi connectivity index (χ0v) is 15.3. The molecule has 0 aromatic heterocycles. The number of hydrogen-bond acceptors (Lipinski definition) is 6. The summed E-state index contributed by atoms with van der Waals surface area (Å²) in [6.07, 6.45) is 7.66. The van der Waals surface area contributed by atoms with Crippen molar-refractivity contribution in [3.8, 4) is 17.6 Å². The summed E-state index contributed by atoms with van der Waals surface area (Å²) in [5.74, 6) is 0.820. The minimum Gasteiger partial charge on any atom is -0.493 e. The minimum atomic E-state index is -0.440. The molecule has 0 aliphatic carbocycles. The molecule has 6 heteroatoms. The van der Waals surface area contributed by atoms with Crippen LogP contribution in [0.25, 0.3) is 6.08 Å². The molecule has 142 valence electrons. The van der Waals surface area contributed by atoms with Crippen LogP contribution in [-0.2, 0) is 9.53 Å². The molecule has 0 saturated heterocycles. The zero-order valence-electron chi connectivity index (χ0n) is 15.3. The van der Waals surface area contributed by atoms with E-state index in [9.17, 15) is 4.79 Å². The Bertz CT molecular complexity index is 607. The van der Waals surface area contributed by atoms with Crippen LogP contribution in [0.1, 0.15) is 44.1 Å². The normalized spacial score (nSPS) is 10.5. The standard InChI is InChI=1S/C20H27NO5/c1-24-19-16-17(9-11-20(23)26-15-7-4-12-21)8-10-18(19)25-14-6-3-2-5-13-22/h8-11,16,22H,2-7,13-15H2,1H3/b11-9+. The van der Waals surface area contributed by atoms with Gasteiger partial charge in [0.2, 0.25) is 0 Å². The van der Waals surface area contributed by atoms with Crippen LogP contribution >= 0.6 is 0 Å². The Morgan fingerprint density at radius 3 is 2.69 bits per heavy atom. The number of nitriles is 1. The Morgan fingerprint density at radius 2 is 1.96 bits per heavy atom. The Balaban J connectivity index is 2.47. The summed E-state index contributed by atoms with van der Waals surface area (Å²) in [7, 11) is 1.57. The number of unbranched alkanes of at least 4 members (excludes halogenated alkanes) is 4. The molecule has 0 bridgehead atoms. The maximum absolute atomic E-state index is 11.6. The second-order valence-corrected chi connectivity index (χ2v) is 5.66. The summed E-state index contributed by atoms with van der Waals surface area (Å²) >= 11 is 0. The van der Waals surface area contributed by atoms with Gasteiger partial charge in [-0.05, 0) is 49.5 Å². The van der Waals surface area contributed by atoms with E-state index in [1.807, 2.05) is 18.2 Å². The van der Waals surface area contributed by atoms with Crippen molar-refractivity contribution in [1.29, 1.82) is 5.26 Å². The minimum absolute atomic E-state index is 0.233. The van der Waals surface area contributed by atoms with Crippen LogP contribution in [0.5, 0.6) is 11.5 Å². The number of aliphatic hydroxyl groups excluding tert-OH is 1. The lowest BCUT2D eigenvalue weighted by atomic mass is 10.2. The SMILES string of the molecule is COc1cc(/C=C/C(=O)OCCCC#N)ccc1OCCCCCCO. The average molecular weight is 361 g/mol. The Labute approximate surface area is 155 Å². The number of methoxy groups -OCH3 is 1. The fourth-order valence-electron chi connectivity index (χ4n) is 2.19. The predicted octanol–water partition coefficient (Wildman–Crippen LogP) is 3.49. The van der Waals surface area contributed by atoms with E-state index < -0.39 is 5.97 Å². The summed E-state index contributed by atoms with van der Waals surface area (Å²) in [4.78, 5) is 11.6. The number of benzene rings is 1. The van der Waals surface area contributed by atoms with E-state index in [1.54, 1.807) is 19.3 Å². The van der Waals surface area contributed by atoms with Gasteiger partial charge in [0.15, 0.2) is 11.5 Å². The smallest absolute Gasteiger partial charge is 0.330 e. The maximum atomic E-state index is 11.6. The molecular formula is C20H27NO5. The molecule has 0 fully saturated rings. The number of aliphatic hydroxyl groups is 1. The third kappa shape index (κ3) is 9.09. The highest BCUT2D eigenvalue weighted by molar-refractivity contribution is 5.87. The first-order valence-electron chi connectivity index (χ1n) is 8.84. The quantitative estimate of drug-likeness (QED) is 0.329. The molecule has 0 heterocycles. The van der Waals surface area contributed by atoms with E-state index in [2.05, 4.69) is 0 Å². The Kier molecular flexibility index (Phi) is 11.4. The van der Waals surface area contributed by atoms with Gasteiger partial charge in [0.1, 0.15) is 0 Å². The summed E-state index contributed by atoms with van der Waals surface area (Å²) in [5, 5.41) is 17.2. The highest BCUT2D eigenvalue weighted by Gasteiger charge is 2.05. The van der Waals surface area contributed by atoms with Crippen molar-refractivity contribution in [3.05, 3.63) is 29.8 Å². The topological polar surface area (TPSA) is 88.8 Å². The number of nitrogens with zero attached hydrogens (tertiary/aromatic N) is 1. The van der Waals surface area contributed by atoms with Crippen LogP contribution in [0, 0.1) is 11.3 Å². The van der Waals surface area contributed by atoms with Crippen LogP contribution < -0.4 is 9.47 Å². The summed E-state index contributed by atoms with van der Waals surface area (Å²) in [5.41, 5.74) is 0.797. The molecule has 0 unspecified atom stereocenters. The molecule has 6 nitrogen and oxygen atoms in total. The largest absolute Gasteiger partial charge is 0.493 e. The van der Waals surface area contributed by atoms with Crippen molar-refractivity contribution in [2.45, 2.75) is 38.5 Å². The van der Waals surface area contributed by atoms with Gasteiger partial charge in [-0.2, -0.15) is 5.26 Å². The monoisotopic (exact) mass is 361 g/mol. The van der Waals surface area contributed by atoms with Gasteiger partial charge in [0, 0.05) is 19.1 Å². The lowest BCUT2D eigenvalue weighted by Crippen LogP contribution is -2.02. The zero-order chi connectivity index (χ0) is 19.0. The molecule has 0 amide bonds. The first kappa shape index (κ1) is 21.5. The van der Waals surface area contributed by atoms with Crippen LogP contribution in [-0.4, -0.2) is 38.0 Å². The van der Waals surface area contributed by atoms with Crippen molar-refractivity contribution >= 4 is 12.0 Å². The van der Waals surface area contributed by atoms with Gasteiger partial charge in [0.25, 0.3) is 0 Å². The number of esters is 1. The Morgan fingerprint density at radius 1 is 1.15 bits per heavy atom. The summed E-state index contributed by atoms with van der Waals surface area (Å²) in [6, 6.07) is 7.44. The number of hydrogen-bond donors (Lipinski definition) is 1. The van der Waals surface area contributed by atoms with E-state index in [4.69, 9.17) is 24.6 Å². The number of carbonyl (C=O) groups is 1. The first-order valence-corrected chi connectivity index (χ1v) is 8.84. The van der Waals surface area contributed by atoms with Crippen molar-refractivity contribution in [2.24, 2.45) is 0 Å². The molecule has 1 rings (SSSR count). The maximum Gasteiger partial charge on any atom is 0.330 e. The molecule has 0 atom stereocenters. The van der Waals surface area contributed by atoms with E-state index in [1.165, 1.54) is 6.08 Å². The highest BCUT2D eigenvalue weighted by atomic mass is 16.5. The summed E-state index contributed by atoms with van der Waals surface area (Å²) < 4.78 is 16.1. The molecule has 0 spiro atoms. The molecular weight excluding hydrogens is 334 g/mol. The second kappa shape index (κ2) is 13.7. The van der Waals surface area contributed by atoms with E-state index in [0.29, 0.717) is 30.9 Å². The van der Waals surface area contributed by atoms with Gasteiger partial charge in [-0.1, -0.05) is 12.5 Å². The van der Waals surface area contributed by atoms with Crippen molar-refractivity contribution < 1.29 is 24.1 Å². The van der Waals surface area contributed by atoms with E-state index in [-0.39, 0.29) is 13.2 Å². The molecule has 1 aromatic rings. The molecule has 26 heavy (non-hydrogen) atoms. The fraction of sp³-hybridized carbons (Fsp3) is 0.500. The molecule has 0 aliphatic rings. The third-order valence-electron chi connectivity index (χ3n) is 3.59. The highest BCUT2D eigenvalue weighted by Crippen LogP contribution is 2.28. The van der Waals surface area contributed by atoms with Crippen LogP contribution in [0.15, 0.2) is 24.3 Å². The summed E-state index contributed by atoms with van der Waals surface area (Å²) in [6.45, 7) is 1.06. The lowest BCUT2D eigenvalue weighted by molar-refractivity contribution is -0.137. The number of ether oxygens (including phenoxy) is 3. The molecule has 0 aliphatic heterocycles. The van der Waals surface area contributed by atoms with Crippen LogP contribution in [0.3, 0.4) is 0 Å². The van der Waals surface area contributed by atoms with E-state index >= 15 is 0 Å². The molecule has 1 N–H and O–H groups in total. The van der Waals surface area contributed by atoms with Gasteiger partial charge in [-0.15, -0.1) is 0 Å².